The van der Waals surface area contributed by atoms with Gasteiger partial charge in [0.1, 0.15) is 11.2 Å². The van der Waals surface area contributed by atoms with Crippen molar-refractivity contribution in [3.63, 3.8) is 0 Å². The summed E-state index contributed by atoms with van der Waals surface area (Å²) in [6.45, 7) is 0. The Balaban J connectivity index is 1.09. The molecule has 0 spiro atoms. The van der Waals surface area contributed by atoms with E-state index in [1.165, 1.54) is 85.7 Å². The standard InChI is InChI=1S/C56H38OS/c1-2-4-9-19-38(20-10-5-3-1)54-42-22-12-14-24-44(42)55(45-25-15-13-23-43(45)54)39-21-11-7-6-8-18-37(28-29-39)40-31-33-52-48(34-40)49-36-47-41(35-53(49)58-52)30-32-51-56(47)46-26-16-17-27-50(46)57-51/h1-2,4-18,20-36H,3,19H2/b2-1?,7-6?,8-6?,9-4?,10-5-,11-7?,18-8?,21-11?,29-28?,37-18?,37-28?,38-20+,39-21?,39-29?. The molecule has 11 rings (SSSR count). The molecule has 10 aromatic rings. The van der Waals surface area contributed by atoms with Crippen molar-refractivity contribution in [1.29, 1.82) is 0 Å². The Kier molecular flexibility index (Phi) is 8.56. The quantitative estimate of drug-likeness (QED) is 0.164. The molecule has 8 aromatic carbocycles. The molecule has 1 nitrogen and oxygen atoms in total. The van der Waals surface area contributed by atoms with Crippen LogP contribution in [0.25, 0.3) is 102 Å². The molecular weight excluding hydrogens is 721 g/mol. The van der Waals surface area contributed by atoms with E-state index in [2.05, 4.69) is 200 Å². The molecule has 0 atom stereocenters. The third-order valence-electron chi connectivity index (χ3n) is 11.6. The Morgan fingerprint density at radius 1 is 0.397 bits per heavy atom. The largest absolute Gasteiger partial charge is 0.456 e. The lowest BCUT2D eigenvalue weighted by Gasteiger charge is -2.18. The van der Waals surface area contributed by atoms with Crippen molar-refractivity contribution < 1.29 is 4.42 Å². The zero-order valence-electron chi connectivity index (χ0n) is 31.9. The molecule has 0 unspecified atom stereocenters. The molecule has 2 aromatic heterocycles. The number of fused-ring (bicyclic) bond motifs is 10. The van der Waals surface area contributed by atoms with E-state index < -0.39 is 0 Å². The van der Waals surface area contributed by atoms with Crippen molar-refractivity contribution in [1.82, 2.24) is 0 Å². The minimum absolute atomic E-state index is 0.860. The zero-order chi connectivity index (χ0) is 38.4. The minimum Gasteiger partial charge on any atom is -0.456 e. The van der Waals surface area contributed by atoms with Gasteiger partial charge in [0.25, 0.3) is 0 Å². The minimum atomic E-state index is 0.860. The first-order valence-electron chi connectivity index (χ1n) is 20.0. The van der Waals surface area contributed by atoms with Crippen molar-refractivity contribution in [3.05, 3.63) is 212 Å². The van der Waals surface area contributed by atoms with Crippen LogP contribution in [0.4, 0.5) is 0 Å². The summed E-state index contributed by atoms with van der Waals surface area (Å²) in [4.78, 5) is 0. The summed E-state index contributed by atoms with van der Waals surface area (Å²) in [7, 11) is 0. The molecule has 2 heterocycles. The van der Waals surface area contributed by atoms with Gasteiger partial charge in [-0.3, -0.25) is 0 Å². The van der Waals surface area contributed by atoms with Gasteiger partial charge in [-0.1, -0.05) is 170 Å². The maximum absolute atomic E-state index is 6.28. The first-order chi connectivity index (χ1) is 28.8. The van der Waals surface area contributed by atoms with E-state index in [0.717, 1.165) is 35.0 Å². The van der Waals surface area contributed by atoms with Gasteiger partial charge in [-0.2, -0.15) is 0 Å². The van der Waals surface area contributed by atoms with Crippen LogP contribution in [0.2, 0.25) is 0 Å². The summed E-state index contributed by atoms with van der Waals surface area (Å²) < 4.78 is 8.87. The van der Waals surface area contributed by atoms with Gasteiger partial charge >= 0.3 is 0 Å². The Morgan fingerprint density at radius 2 is 1.03 bits per heavy atom. The van der Waals surface area contributed by atoms with E-state index in [-0.39, 0.29) is 0 Å². The first-order valence-corrected chi connectivity index (χ1v) is 20.9. The second-order valence-corrected chi connectivity index (χ2v) is 16.1. The van der Waals surface area contributed by atoms with Gasteiger partial charge in [-0.25, -0.2) is 0 Å². The van der Waals surface area contributed by atoms with Gasteiger partial charge in [-0.05, 0) is 115 Å². The molecule has 274 valence electrons. The number of thiophene rings is 1. The molecule has 0 fully saturated rings. The topological polar surface area (TPSA) is 13.1 Å². The summed E-state index contributed by atoms with van der Waals surface area (Å²) in [5, 5.41) is 12.4. The molecule has 0 amide bonds. The van der Waals surface area contributed by atoms with Crippen LogP contribution < -0.4 is 0 Å². The van der Waals surface area contributed by atoms with Crippen molar-refractivity contribution in [2.75, 3.05) is 0 Å². The van der Waals surface area contributed by atoms with E-state index in [1.54, 1.807) is 0 Å². The fourth-order valence-electron chi connectivity index (χ4n) is 8.90. The highest BCUT2D eigenvalue weighted by molar-refractivity contribution is 7.25. The maximum Gasteiger partial charge on any atom is 0.136 e. The van der Waals surface area contributed by atoms with Crippen LogP contribution in [0.3, 0.4) is 0 Å². The predicted octanol–water partition coefficient (Wildman–Crippen LogP) is 16.7. The third-order valence-corrected chi connectivity index (χ3v) is 12.7. The Bertz CT molecular complexity index is 3400. The normalized spacial score (nSPS) is 14.7. The number of hydrogen-bond donors (Lipinski definition) is 0. The van der Waals surface area contributed by atoms with E-state index in [9.17, 15) is 0 Å². The van der Waals surface area contributed by atoms with Gasteiger partial charge in [0.2, 0.25) is 0 Å². The zero-order valence-corrected chi connectivity index (χ0v) is 32.7. The van der Waals surface area contributed by atoms with Crippen molar-refractivity contribution in [3.8, 4) is 22.3 Å². The number of furan rings is 1. The van der Waals surface area contributed by atoms with Gasteiger partial charge in [0, 0.05) is 30.9 Å². The fraction of sp³-hybridized carbons (Fsp3) is 0.0357. The van der Waals surface area contributed by atoms with Crippen molar-refractivity contribution >= 4 is 91.3 Å². The van der Waals surface area contributed by atoms with Gasteiger partial charge < -0.3 is 4.42 Å². The molecule has 2 heteroatoms. The van der Waals surface area contributed by atoms with Crippen LogP contribution in [0.1, 0.15) is 18.4 Å². The molecule has 58 heavy (non-hydrogen) atoms. The number of benzene rings is 7. The van der Waals surface area contributed by atoms with E-state index in [1.807, 2.05) is 17.4 Å². The summed E-state index contributed by atoms with van der Waals surface area (Å²) >= 11 is 1.86. The lowest BCUT2D eigenvalue weighted by atomic mass is 9.85. The molecule has 0 bridgehead atoms. The smallest absolute Gasteiger partial charge is 0.136 e. The van der Waals surface area contributed by atoms with E-state index in [0.29, 0.717) is 0 Å². The molecule has 0 saturated carbocycles. The molecule has 0 saturated heterocycles. The lowest BCUT2D eigenvalue weighted by Crippen LogP contribution is -1.93. The number of rotatable bonds is 3. The number of para-hydroxylation sites is 1. The van der Waals surface area contributed by atoms with Crippen LogP contribution >= 0.6 is 11.3 Å². The van der Waals surface area contributed by atoms with Gasteiger partial charge in [0.15, 0.2) is 0 Å². The van der Waals surface area contributed by atoms with Crippen LogP contribution in [-0.4, -0.2) is 0 Å². The molecule has 0 aliphatic heterocycles. The summed E-state index contributed by atoms with van der Waals surface area (Å²) in [6.07, 6.45) is 17.3. The average molecular weight is 759 g/mol. The molecule has 1 aliphatic carbocycles. The Morgan fingerprint density at radius 3 is 1.84 bits per heavy atom. The molecule has 0 N–H and O–H groups in total. The average Bonchev–Trinajstić information content (AvgIpc) is 3.83. The summed E-state index contributed by atoms with van der Waals surface area (Å²) in [5.41, 5.74) is 9.25. The summed E-state index contributed by atoms with van der Waals surface area (Å²) in [6, 6.07) is 59.9. The second kappa shape index (κ2) is 14.5. The highest BCUT2D eigenvalue weighted by Gasteiger charge is 2.18. The molecule has 0 radical (unpaired) electrons. The van der Waals surface area contributed by atoms with Crippen LogP contribution in [-0.2, 0) is 0 Å². The van der Waals surface area contributed by atoms with E-state index >= 15 is 0 Å². The van der Waals surface area contributed by atoms with Gasteiger partial charge in [0.05, 0.1) is 0 Å². The van der Waals surface area contributed by atoms with E-state index in [4.69, 9.17) is 4.42 Å². The summed E-state index contributed by atoms with van der Waals surface area (Å²) in [5.74, 6) is 0. The van der Waals surface area contributed by atoms with Crippen LogP contribution in [0.5, 0.6) is 0 Å². The van der Waals surface area contributed by atoms with Crippen molar-refractivity contribution in [2.45, 2.75) is 12.8 Å². The first kappa shape index (κ1) is 34.3. The number of allylic oxidation sites excluding steroid dienone is 8. The highest BCUT2D eigenvalue weighted by Crippen LogP contribution is 2.44. The number of hydrogen-bond acceptors (Lipinski definition) is 2. The fourth-order valence-corrected chi connectivity index (χ4v) is 10.0. The Labute approximate surface area is 341 Å². The molecule has 1 aliphatic rings. The van der Waals surface area contributed by atoms with Crippen LogP contribution in [0.15, 0.2) is 211 Å². The maximum atomic E-state index is 6.28. The van der Waals surface area contributed by atoms with Crippen molar-refractivity contribution in [2.24, 2.45) is 0 Å². The third kappa shape index (κ3) is 5.93. The highest BCUT2D eigenvalue weighted by atomic mass is 32.1. The SMILES string of the molecule is C1=CC/C=C\C=C(\c2c3ccccc3c(-c3ccccccc(-c4ccc5sc6cc7ccc8oc9ccccc9c8c7cc6c5c4)cc3)c3ccccc23)CC=C1. The van der Waals surface area contributed by atoms with Crippen LogP contribution in [0, 0.1) is 0 Å². The second-order valence-electron chi connectivity index (χ2n) is 15.0. The Hall–Kier alpha value is -7.00. The van der Waals surface area contributed by atoms with Gasteiger partial charge in [-0.15, -0.1) is 11.3 Å². The predicted molar refractivity (Wildman–Crippen MR) is 252 cm³/mol. The lowest BCUT2D eigenvalue weighted by molar-refractivity contribution is 0.669. The monoisotopic (exact) mass is 758 g/mol. The molecular formula is C56H38OS.